The fourth-order valence-corrected chi connectivity index (χ4v) is 4.50. The minimum atomic E-state index is -1.03. The lowest BCUT2D eigenvalue weighted by molar-refractivity contribution is 0.0616. The third kappa shape index (κ3) is 7.07. The van der Waals surface area contributed by atoms with Gasteiger partial charge in [0.05, 0.1) is 19.3 Å². The maximum absolute atomic E-state index is 10.8. The van der Waals surface area contributed by atoms with E-state index in [-0.39, 0.29) is 0 Å². The number of piperidine rings is 1. The monoisotopic (exact) mass is 440 g/mol. The molecular weight excluding hydrogens is 400 g/mol. The quantitative estimate of drug-likeness (QED) is 0.435. The summed E-state index contributed by atoms with van der Waals surface area (Å²) >= 11 is 0. The molecule has 0 bridgehead atoms. The molecule has 3 atom stereocenters. The lowest BCUT2D eigenvalue weighted by atomic mass is 9.91. The van der Waals surface area contributed by atoms with Crippen molar-refractivity contribution in [2.45, 2.75) is 52.8 Å². The number of aliphatic imine (C=N–C) groups is 1. The number of likely N-dealkylation sites (tertiary alicyclic amines) is 1. The van der Waals surface area contributed by atoms with Crippen molar-refractivity contribution in [3.63, 3.8) is 0 Å². The van der Waals surface area contributed by atoms with Crippen molar-refractivity contribution < 1.29 is 5.11 Å². The topological polar surface area (TPSA) is 77.7 Å². The summed E-state index contributed by atoms with van der Waals surface area (Å²) in [5.41, 5.74) is 2.27. The van der Waals surface area contributed by atoms with Crippen LogP contribution in [0.3, 0.4) is 0 Å². The van der Waals surface area contributed by atoms with E-state index in [1.54, 1.807) is 17.8 Å². The summed E-state index contributed by atoms with van der Waals surface area (Å²) in [4.78, 5) is 7.28. The number of hydrogen-bond donors (Lipinski definition) is 3. The largest absolute Gasteiger partial charge is 0.383 e. The molecule has 1 aliphatic rings. The minimum Gasteiger partial charge on any atom is -0.383 e. The fourth-order valence-electron chi connectivity index (χ4n) is 4.50. The molecule has 2 aromatic rings. The molecule has 3 unspecified atom stereocenters. The lowest BCUT2D eigenvalue weighted by Crippen LogP contribution is -2.44. The number of aliphatic hydroxyl groups is 1. The molecule has 3 rings (SSSR count). The number of guanidine groups is 1. The van der Waals surface area contributed by atoms with E-state index in [1.807, 2.05) is 20.2 Å². The van der Waals surface area contributed by atoms with E-state index >= 15 is 0 Å². The number of nitrogens with one attached hydrogen (secondary N) is 2. The minimum absolute atomic E-state index is 0.343. The number of nitrogens with zero attached hydrogens (tertiary/aromatic N) is 4. The average molecular weight is 441 g/mol. The van der Waals surface area contributed by atoms with Crippen LogP contribution in [0.4, 0.5) is 0 Å². The van der Waals surface area contributed by atoms with Gasteiger partial charge in [-0.2, -0.15) is 5.10 Å². The van der Waals surface area contributed by atoms with Crippen molar-refractivity contribution in [2.75, 3.05) is 26.2 Å². The van der Waals surface area contributed by atoms with Crippen LogP contribution >= 0.6 is 0 Å². The van der Waals surface area contributed by atoms with E-state index in [2.05, 4.69) is 58.7 Å². The molecule has 32 heavy (non-hydrogen) atoms. The molecule has 0 amide bonds. The molecule has 0 saturated carbocycles. The van der Waals surface area contributed by atoms with Crippen LogP contribution in [0.1, 0.15) is 50.8 Å². The standard InChI is InChI=1S/C25H40N6O/c1-6-26-24(28-18-25(4,32)23-13-29-30(5)17-23)27-12-21-7-9-22(10-8-21)16-31-14-19(2)11-20(3)15-31/h7-10,13,17,19-20,32H,6,11-12,14-16,18H2,1-5H3,(H2,26,27,28). The van der Waals surface area contributed by atoms with Crippen LogP contribution < -0.4 is 10.6 Å². The van der Waals surface area contributed by atoms with Crippen LogP contribution in [0.2, 0.25) is 0 Å². The highest BCUT2D eigenvalue weighted by atomic mass is 16.3. The Bertz CT molecular complexity index is 863. The summed E-state index contributed by atoms with van der Waals surface area (Å²) in [5, 5.41) is 21.5. The summed E-state index contributed by atoms with van der Waals surface area (Å²) in [7, 11) is 1.84. The average Bonchev–Trinajstić information content (AvgIpc) is 3.18. The highest BCUT2D eigenvalue weighted by Gasteiger charge is 2.25. The van der Waals surface area contributed by atoms with E-state index in [0.29, 0.717) is 19.0 Å². The molecule has 7 heteroatoms. The molecule has 2 heterocycles. The first-order valence-corrected chi connectivity index (χ1v) is 11.8. The van der Waals surface area contributed by atoms with Gasteiger partial charge in [-0.15, -0.1) is 0 Å². The van der Waals surface area contributed by atoms with Crippen LogP contribution in [0.5, 0.6) is 0 Å². The van der Waals surface area contributed by atoms with Gasteiger partial charge in [-0.25, -0.2) is 4.99 Å². The third-order valence-corrected chi connectivity index (χ3v) is 6.06. The Kier molecular flexibility index (Phi) is 8.32. The van der Waals surface area contributed by atoms with Gasteiger partial charge in [0, 0.05) is 45.0 Å². The zero-order valence-electron chi connectivity index (χ0n) is 20.3. The molecule has 0 aliphatic carbocycles. The Morgan fingerprint density at radius 1 is 1.16 bits per heavy atom. The number of benzene rings is 1. The molecule has 7 nitrogen and oxygen atoms in total. The van der Waals surface area contributed by atoms with Gasteiger partial charge in [0.25, 0.3) is 0 Å². The summed E-state index contributed by atoms with van der Waals surface area (Å²) < 4.78 is 1.69. The van der Waals surface area contributed by atoms with Crippen molar-refractivity contribution in [1.82, 2.24) is 25.3 Å². The number of aromatic nitrogens is 2. The van der Waals surface area contributed by atoms with Gasteiger partial charge in [0.2, 0.25) is 0 Å². The zero-order valence-corrected chi connectivity index (χ0v) is 20.3. The first-order chi connectivity index (χ1) is 15.2. The number of hydrogen-bond acceptors (Lipinski definition) is 4. The maximum Gasteiger partial charge on any atom is 0.191 e. The second kappa shape index (κ2) is 11.0. The lowest BCUT2D eigenvalue weighted by Gasteiger charge is -2.35. The van der Waals surface area contributed by atoms with E-state index in [0.717, 1.165) is 30.5 Å². The molecule has 1 saturated heterocycles. The summed E-state index contributed by atoms with van der Waals surface area (Å²) in [6.45, 7) is 13.6. The predicted octanol–water partition coefficient (Wildman–Crippen LogP) is 2.86. The molecule has 1 aliphatic heterocycles. The second-order valence-corrected chi connectivity index (χ2v) is 9.68. The van der Waals surface area contributed by atoms with Crippen molar-refractivity contribution in [2.24, 2.45) is 23.9 Å². The van der Waals surface area contributed by atoms with Crippen molar-refractivity contribution in [1.29, 1.82) is 0 Å². The highest BCUT2D eigenvalue weighted by Crippen LogP contribution is 2.22. The number of aryl methyl sites for hydroxylation is 1. The summed E-state index contributed by atoms with van der Waals surface area (Å²) in [6.07, 6.45) is 4.87. The van der Waals surface area contributed by atoms with Crippen LogP contribution in [-0.2, 0) is 25.7 Å². The fraction of sp³-hybridized carbons (Fsp3) is 0.600. The Morgan fingerprint density at radius 2 is 1.81 bits per heavy atom. The zero-order chi connectivity index (χ0) is 23.1. The smallest absolute Gasteiger partial charge is 0.191 e. The normalized spacial score (nSPS) is 21.9. The molecule has 176 valence electrons. The molecule has 0 spiro atoms. The van der Waals surface area contributed by atoms with Gasteiger partial charge in [-0.05, 0) is 43.2 Å². The number of rotatable bonds is 8. The Labute approximate surface area is 192 Å². The Balaban J connectivity index is 1.55. The third-order valence-electron chi connectivity index (χ3n) is 6.06. The Hall–Kier alpha value is -2.38. The Morgan fingerprint density at radius 3 is 2.41 bits per heavy atom. The van der Waals surface area contributed by atoms with Crippen molar-refractivity contribution in [3.05, 3.63) is 53.3 Å². The van der Waals surface area contributed by atoms with Crippen LogP contribution in [0.15, 0.2) is 41.7 Å². The molecule has 1 aromatic heterocycles. The van der Waals surface area contributed by atoms with E-state index in [1.165, 1.54) is 30.6 Å². The van der Waals surface area contributed by atoms with Gasteiger partial charge in [-0.1, -0.05) is 38.1 Å². The van der Waals surface area contributed by atoms with Gasteiger partial charge in [0.1, 0.15) is 5.60 Å². The van der Waals surface area contributed by atoms with Crippen LogP contribution in [0, 0.1) is 11.8 Å². The maximum atomic E-state index is 10.8. The molecular formula is C25H40N6O. The van der Waals surface area contributed by atoms with Gasteiger partial charge in [0.15, 0.2) is 5.96 Å². The molecule has 3 N–H and O–H groups in total. The van der Waals surface area contributed by atoms with E-state index in [9.17, 15) is 5.11 Å². The highest BCUT2D eigenvalue weighted by molar-refractivity contribution is 5.79. The van der Waals surface area contributed by atoms with Gasteiger partial charge in [-0.3, -0.25) is 9.58 Å². The summed E-state index contributed by atoms with van der Waals surface area (Å²) in [6, 6.07) is 8.79. The SMILES string of the molecule is CCNC(=NCc1ccc(CN2CC(C)CC(C)C2)cc1)NCC(C)(O)c1cnn(C)c1. The van der Waals surface area contributed by atoms with E-state index < -0.39 is 5.60 Å². The first-order valence-electron chi connectivity index (χ1n) is 11.8. The predicted molar refractivity (Wildman–Crippen MR) is 130 cm³/mol. The molecule has 0 radical (unpaired) electrons. The molecule has 1 fully saturated rings. The first kappa shape index (κ1) is 24.3. The van der Waals surface area contributed by atoms with E-state index in [4.69, 9.17) is 4.99 Å². The molecule has 1 aromatic carbocycles. The second-order valence-electron chi connectivity index (χ2n) is 9.68. The van der Waals surface area contributed by atoms with Crippen molar-refractivity contribution >= 4 is 5.96 Å². The summed E-state index contributed by atoms with van der Waals surface area (Å²) in [5.74, 6) is 2.25. The van der Waals surface area contributed by atoms with Gasteiger partial charge >= 0.3 is 0 Å². The van der Waals surface area contributed by atoms with Gasteiger partial charge < -0.3 is 15.7 Å². The van der Waals surface area contributed by atoms with Crippen LogP contribution in [0.25, 0.3) is 0 Å². The van der Waals surface area contributed by atoms with Crippen LogP contribution in [-0.4, -0.2) is 51.9 Å². The van der Waals surface area contributed by atoms with Crippen molar-refractivity contribution in [3.8, 4) is 0 Å².